The summed E-state index contributed by atoms with van der Waals surface area (Å²) in [5.74, 6) is 1.72. The van der Waals surface area contributed by atoms with Crippen molar-refractivity contribution in [1.29, 1.82) is 0 Å². The van der Waals surface area contributed by atoms with Crippen molar-refractivity contribution in [3.63, 3.8) is 0 Å². The first-order valence-electron chi connectivity index (χ1n) is 11.7. The lowest BCUT2D eigenvalue weighted by atomic mass is 10.0. The molecule has 184 valence electrons. The minimum atomic E-state index is -0.442. The summed E-state index contributed by atoms with van der Waals surface area (Å²) in [5.41, 5.74) is 2.14. The second kappa shape index (κ2) is 10.5. The smallest absolute Gasteiger partial charge is 0.270 e. The molecule has 4 rings (SSSR count). The summed E-state index contributed by atoms with van der Waals surface area (Å²) in [6, 6.07) is 12.5. The van der Waals surface area contributed by atoms with E-state index in [4.69, 9.17) is 14.5 Å². The summed E-state index contributed by atoms with van der Waals surface area (Å²) >= 11 is 1.35. The van der Waals surface area contributed by atoms with Gasteiger partial charge in [-0.2, -0.15) is 4.99 Å². The zero-order valence-corrected chi connectivity index (χ0v) is 21.4. The molecule has 2 aliphatic rings. The highest BCUT2D eigenvalue weighted by molar-refractivity contribution is 8.15. The molecule has 0 saturated carbocycles. The maximum Gasteiger partial charge on any atom is 0.270 e. The molecule has 0 aliphatic carbocycles. The summed E-state index contributed by atoms with van der Waals surface area (Å²) in [4.78, 5) is 37.4. The summed E-state index contributed by atoms with van der Waals surface area (Å²) in [5, 5.41) is 3.14. The third-order valence-corrected chi connectivity index (χ3v) is 7.21. The average molecular weight is 495 g/mol. The van der Waals surface area contributed by atoms with Crippen molar-refractivity contribution in [1.82, 2.24) is 4.90 Å². The minimum Gasteiger partial charge on any atom is -0.497 e. The van der Waals surface area contributed by atoms with E-state index in [1.807, 2.05) is 36.1 Å². The summed E-state index contributed by atoms with van der Waals surface area (Å²) in [6.45, 7) is 6.12. The number of amidine groups is 2. The molecule has 2 aromatic rings. The second-order valence-electron chi connectivity index (χ2n) is 8.77. The van der Waals surface area contributed by atoms with Gasteiger partial charge in [-0.1, -0.05) is 44.7 Å². The van der Waals surface area contributed by atoms with Crippen molar-refractivity contribution < 1.29 is 19.1 Å². The summed E-state index contributed by atoms with van der Waals surface area (Å²) in [6.07, 6.45) is 1.22. The van der Waals surface area contributed by atoms with E-state index in [2.05, 4.69) is 24.2 Å². The predicted octanol–water partition coefficient (Wildman–Crippen LogP) is 4.86. The maximum absolute atomic E-state index is 13.3. The number of thioether (sulfide) groups is 1. The van der Waals surface area contributed by atoms with Gasteiger partial charge >= 0.3 is 0 Å². The van der Waals surface area contributed by atoms with Gasteiger partial charge in [-0.25, -0.2) is 4.99 Å². The maximum atomic E-state index is 13.3. The van der Waals surface area contributed by atoms with E-state index in [1.165, 1.54) is 11.8 Å². The third-order valence-electron chi connectivity index (χ3n) is 5.88. The van der Waals surface area contributed by atoms with Crippen LogP contribution >= 0.6 is 11.8 Å². The molecule has 0 spiro atoms. The van der Waals surface area contributed by atoms with Gasteiger partial charge in [0.05, 0.1) is 30.8 Å². The van der Waals surface area contributed by atoms with Crippen LogP contribution in [-0.2, 0) is 9.59 Å². The van der Waals surface area contributed by atoms with Gasteiger partial charge in [0.25, 0.3) is 5.91 Å². The molecule has 0 saturated heterocycles. The van der Waals surface area contributed by atoms with Crippen LogP contribution in [0.5, 0.6) is 11.5 Å². The molecule has 2 amide bonds. The molecule has 2 unspecified atom stereocenters. The number of anilines is 1. The Morgan fingerprint density at radius 3 is 2.60 bits per heavy atom. The van der Waals surface area contributed by atoms with E-state index in [-0.39, 0.29) is 11.8 Å². The number of fused-ring (bicyclic) bond motifs is 3. The van der Waals surface area contributed by atoms with Crippen LogP contribution in [-0.4, -0.2) is 53.2 Å². The fourth-order valence-corrected chi connectivity index (χ4v) is 5.19. The number of nitrogens with zero attached hydrogens (tertiary/aromatic N) is 3. The Morgan fingerprint density at radius 1 is 1.14 bits per heavy atom. The van der Waals surface area contributed by atoms with Gasteiger partial charge < -0.3 is 14.8 Å². The number of hydrogen-bond donors (Lipinski definition) is 1. The molecule has 8 nitrogen and oxygen atoms in total. The van der Waals surface area contributed by atoms with E-state index in [0.29, 0.717) is 46.9 Å². The number of carbonyl (C=O) groups excluding carboxylic acids is 2. The largest absolute Gasteiger partial charge is 0.497 e. The molecular weight excluding hydrogens is 464 g/mol. The lowest BCUT2D eigenvalue weighted by molar-refractivity contribution is -0.120. The zero-order chi connectivity index (χ0) is 25.1. The van der Waals surface area contributed by atoms with Crippen LogP contribution in [0.15, 0.2) is 52.4 Å². The molecule has 2 aliphatic heterocycles. The first-order valence-corrected chi connectivity index (χ1v) is 12.5. The van der Waals surface area contributed by atoms with Crippen molar-refractivity contribution >= 4 is 46.0 Å². The van der Waals surface area contributed by atoms with Gasteiger partial charge in [0.2, 0.25) is 5.91 Å². The Labute approximate surface area is 209 Å². The first kappa shape index (κ1) is 24.8. The van der Waals surface area contributed by atoms with Crippen molar-refractivity contribution in [3.8, 4) is 11.5 Å². The molecule has 2 heterocycles. The molecule has 35 heavy (non-hydrogen) atoms. The topological polar surface area (TPSA) is 92.6 Å². The van der Waals surface area contributed by atoms with Crippen LogP contribution in [0.1, 0.15) is 39.2 Å². The molecule has 2 aromatic carbocycles. The number of hydrogen-bond acceptors (Lipinski definition) is 7. The molecule has 0 fully saturated rings. The molecule has 9 heteroatoms. The Bertz CT molecular complexity index is 1190. The minimum absolute atomic E-state index is 0.167. The van der Waals surface area contributed by atoms with E-state index in [9.17, 15) is 9.59 Å². The fraction of sp³-hybridized carbons (Fsp3) is 0.385. The zero-order valence-electron chi connectivity index (χ0n) is 20.6. The van der Waals surface area contributed by atoms with Crippen LogP contribution in [0, 0.1) is 5.92 Å². The number of nitrogens with one attached hydrogen (secondary N) is 1. The molecule has 0 radical (unpaired) electrons. The van der Waals surface area contributed by atoms with E-state index >= 15 is 0 Å². The van der Waals surface area contributed by atoms with Gasteiger partial charge in [0, 0.05) is 11.6 Å². The third kappa shape index (κ3) is 5.05. The highest BCUT2D eigenvalue weighted by Gasteiger charge is 2.42. The predicted molar refractivity (Wildman–Crippen MR) is 140 cm³/mol. The second-order valence-corrected chi connectivity index (χ2v) is 9.94. The number of carbonyl (C=O) groups is 2. The number of benzene rings is 2. The number of para-hydroxylation sites is 1. The standard InChI is InChI=1S/C26H30N4O4S/c1-6-22(25(32)27-19-12-11-16(33-4)14-21(19)34-5)35-26-28-18-10-8-7-9-17(18)23-29-24(31)20(30(23)26)13-15(2)3/h7-12,14-15,20,22H,6,13H2,1-5H3,(H,27,32). The highest BCUT2D eigenvalue weighted by atomic mass is 32.2. The molecular formula is C26H30N4O4S. The normalized spacial score (nSPS) is 17.4. The highest BCUT2D eigenvalue weighted by Crippen LogP contribution is 2.37. The molecule has 2 atom stereocenters. The van der Waals surface area contributed by atoms with Crippen molar-refractivity contribution in [3.05, 3.63) is 48.0 Å². The lowest BCUT2D eigenvalue weighted by Crippen LogP contribution is -2.45. The molecule has 1 N–H and O–H groups in total. The Balaban J connectivity index is 1.62. The molecule has 0 aromatic heterocycles. The van der Waals surface area contributed by atoms with Gasteiger partial charge in [-0.3, -0.25) is 14.5 Å². The van der Waals surface area contributed by atoms with Gasteiger partial charge in [0.15, 0.2) is 5.17 Å². The summed E-state index contributed by atoms with van der Waals surface area (Å²) in [7, 11) is 3.12. The fourth-order valence-electron chi connectivity index (χ4n) is 4.12. The Morgan fingerprint density at radius 2 is 1.91 bits per heavy atom. The number of amides is 2. The van der Waals surface area contributed by atoms with E-state index in [1.54, 1.807) is 32.4 Å². The van der Waals surface area contributed by atoms with Crippen molar-refractivity contribution in [2.24, 2.45) is 15.9 Å². The van der Waals surface area contributed by atoms with Gasteiger partial charge in [0.1, 0.15) is 23.4 Å². The summed E-state index contributed by atoms with van der Waals surface area (Å²) < 4.78 is 10.7. The van der Waals surface area contributed by atoms with Crippen molar-refractivity contribution in [2.45, 2.75) is 44.9 Å². The number of aliphatic imine (C=N–C) groups is 2. The van der Waals surface area contributed by atoms with Crippen LogP contribution in [0.2, 0.25) is 0 Å². The lowest BCUT2D eigenvalue weighted by Gasteiger charge is -2.33. The Hall–Kier alpha value is -3.33. The number of ether oxygens (including phenoxy) is 2. The SMILES string of the molecule is CCC(SC1=Nc2ccccc2C2=NC(=O)C(CC(C)C)N12)C(=O)Nc1ccc(OC)cc1OC. The van der Waals surface area contributed by atoms with Crippen molar-refractivity contribution in [2.75, 3.05) is 19.5 Å². The van der Waals surface area contributed by atoms with Crippen LogP contribution in [0.4, 0.5) is 11.4 Å². The van der Waals surface area contributed by atoms with Crippen LogP contribution in [0.25, 0.3) is 0 Å². The first-order chi connectivity index (χ1) is 16.9. The monoisotopic (exact) mass is 494 g/mol. The Kier molecular flexibility index (Phi) is 7.45. The van der Waals surface area contributed by atoms with Crippen LogP contribution < -0.4 is 14.8 Å². The van der Waals surface area contributed by atoms with Crippen LogP contribution in [0.3, 0.4) is 0 Å². The van der Waals surface area contributed by atoms with E-state index < -0.39 is 11.3 Å². The van der Waals surface area contributed by atoms with E-state index in [0.717, 1.165) is 11.3 Å². The van der Waals surface area contributed by atoms with Gasteiger partial charge in [-0.15, -0.1) is 0 Å². The quantitative estimate of drug-likeness (QED) is 0.564. The molecule has 0 bridgehead atoms. The average Bonchev–Trinajstić information content (AvgIpc) is 3.18. The van der Waals surface area contributed by atoms with Gasteiger partial charge in [-0.05, 0) is 43.0 Å². The number of rotatable bonds is 8. The number of methoxy groups -OCH3 is 2.